The molecule has 1 aliphatic heterocycles. The van der Waals surface area contributed by atoms with E-state index >= 15 is 0 Å². The van der Waals surface area contributed by atoms with Gasteiger partial charge in [0.25, 0.3) is 15.9 Å². The van der Waals surface area contributed by atoms with Crippen molar-refractivity contribution in [3.8, 4) is 11.5 Å². The molecule has 10 heteroatoms. The molecule has 1 aromatic heterocycles. The van der Waals surface area contributed by atoms with Gasteiger partial charge in [-0.05, 0) is 43.7 Å². The quantitative estimate of drug-likeness (QED) is 0.522. The van der Waals surface area contributed by atoms with E-state index in [4.69, 9.17) is 9.47 Å². The van der Waals surface area contributed by atoms with E-state index in [0.717, 1.165) is 0 Å². The van der Waals surface area contributed by atoms with Crippen LogP contribution in [0.2, 0.25) is 0 Å². The zero-order valence-corrected chi connectivity index (χ0v) is 18.4. The molecule has 1 aliphatic rings. The van der Waals surface area contributed by atoms with Gasteiger partial charge in [0.05, 0.1) is 10.6 Å². The maximum Gasteiger partial charge on any atom is 0.261 e. The van der Waals surface area contributed by atoms with E-state index in [0.29, 0.717) is 42.3 Å². The maximum atomic E-state index is 13.0. The van der Waals surface area contributed by atoms with Gasteiger partial charge in [-0.1, -0.05) is 6.92 Å². The molecular formula is C22H23N3O6S. The van der Waals surface area contributed by atoms with Gasteiger partial charge < -0.3 is 19.8 Å². The standard InChI is InChI=1S/C22H23N3O6S/c1-3-13(2)24-22(27)17-12-23-18-6-5-15(11-16(18)21(17)26)32(28,29)25-14-4-7-19-20(10-14)31-9-8-30-19/h4-7,10-13,25H,3,8-9H2,1-2H3,(H,23,26)(H,24,27). The third kappa shape index (κ3) is 4.26. The van der Waals surface area contributed by atoms with Crippen molar-refractivity contribution in [3.05, 3.63) is 58.4 Å². The first-order chi connectivity index (χ1) is 15.3. The minimum absolute atomic E-state index is 0.0767. The summed E-state index contributed by atoms with van der Waals surface area (Å²) in [7, 11) is -4.00. The van der Waals surface area contributed by atoms with Crippen molar-refractivity contribution in [2.45, 2.75) is 31.2 Å². The summed E-state index contributed by atoms with van der Waals surface area (Å²) in [5.74, 6) is 0.480. The second-order valence-corrected chi connectivity index (χ2v) is 9.17. The molecule has 1 amide bonds. The Kier molecular flexibility index (Phi) is 5.79. The molecule has 3 aromatic rings. The Morgan fingerprint density at radius 1 is 1.12 bits per heavy atom. The van der Waals surface area contributed by atoms with Crippen LogP contribution in [0.15, 0.2) is 52.3 Å². The highest BCUT2D eigenvalue weighted by Gasteiger charge is 2.20. The molecule has 4 rings (SSSR count). The SMILES string of the molecule is CCC(C)NC(=O)c1c[nH]c2ccc(S(=O)(=O)Nc3ccc4c(c3)OCCO4)cc2c1=O. The third-order valence-electron chi connectivity index (χ3n) is 5.19. The average Bonchev–Trinajstić information content (AvgIpc) is 2.78. The molecule has 0 saturated carbocycles. The van der Waals surface area contributed by atoms with Crippen molar-refractivity contribution in [1.29, 1.82) is 0 Å². The lowest BCUT2D eigenvalue weighted by atomic mass is 10.1. The highest BCUT2D eigenvalue weighted by molar-refractivity contribution is 7.92. The van der Waals surface area contributed by atoms with E-state index in [2.05, 4.69) is 15.0 Å². The topological polar surface area (TPSA) is 127 Å². The molecule has 0 bridgehead atoms. The van der Waals surface area contributed by atoms with E-state index in [1.54, 1.807) is 12.1 Å². The Hall–Kier alpha value is -3.53. The van der Waals surface area contributed by atoms with E-state index in [1.165, 1.54) is 30.5 Å². The van der Waals surface area contributed by atoms with E-state index in [9.17, 15) is 18.0 Å². The minimum Gasteiger partial charge on any atom is -0.486 e. The maximum absolute atomic E-state index is 13.0. The fourth-order valence-corrected chi connectivity index (χ4v) is 4.33. The number of carbonyl (C=O) groups is 1. The number of H-pyrrole nitrogens is 1. The van der Waals surface area contributed by atoms with Crippen molar-refractivity contribution < 1.29 is 22.7 Å². The molecule has 0 aliphatic carbocycles. The van der Waals surface area contributed by atoms with Gasteiger partial charge in [0.1, 0.15) is 18.8 Å². The summed E-state index contributed by atoms with van der Waals surface area (Å²) in [4.78, 5) is 28.1. The molecule has 0 radical (unpaired) electrons. The summed E-state index contributed by atoms with van der Waals surface area (Å²) < 4.78 is 39.3. The summed E-state index contributed by atoms with van der Waals surface area (Å²) in [5, 5.41) is 2.85. The van der Waals surface area contributed by atoms with E-state index in [-0.39, 0.29) is 21.9 Å². The first-order valence-corrected chi connectivity index (χ1v) is 11.7. The number of aromatic nitrogens is 1. The Labute approximate surface area is 184 Å². The molecule has 9 nitrogen and oxygen atoms in total. The number of benzene rings is 2. The molecule has 32 heavy (non-hydrogen) atoms. The largest absolute Gasteiger partial charge is 0.486 e. The molecule has 168 valence electrons. The Morgan fingerprint density at radius 3 is 2.62 bits per heavy atom. The van der Waals surface area contributed by atoms with Crippen LogP contribution in [0.4, 0.5) is 5.69 Å². The lowest BCUT2D eigenvalue weighted by Crippen LogP contribution is -2.35. The zero-order valence-electron chi connectivity index (χ0n) is 17.6. The molecule has 1 unspecified atom stereocenters. The third-order valence-corrected chi connectivity index (χ3v) is 6.57. The molecule has 3 N–H and O–H groups in total. The van der Waals surface area contributed by atoms with Gasteiger partial charge >= 0.3 is 0 Å². The lowest BCUT2D eigenvalue weighted by molar-refractivity contribution is 0.0938. The molecular weight excluding hydrogens is 434 g/mol. The Bertz CT molecular complexity index is 1350. The van der Waals surface area contributed by atoms with Crippen LogP contribution < -0.4 is 24.9 Å². The van der Waals surface area contributed by atoms with Gasteiger partial charge in [-0.3, -0.25) is 14.3 Å². The predicted octanol–water partition coefficient (Wildman–Crippen LogP) is 2.63. The monoisotopic (exact) mass is 457 g/mol. The zero-order chi connectivity index (χ0) is 22.9. The highest BCUT2D eigenvalue weighted by atomic mass is 32.2. The van der Waals surface area contributed by atoms with Crippen molar-refractivity contribution in [2.24, 2.45) is 0 Å². The minimum atomic E-state index is -4.00. The number of ether oxygens (including phenoxy) is 2. The van der Waals surface area contributed by atoms with Crippen molar-refractivity contribution in [2.75, 3.05) is 17.9 Å². The normalized spacial score (nSPS) is 14.1. The Morgan fingerprint density at radius 2 is 1.88 bits per heavy atom. The molecule has 1 atom stereocenters. The summed E-state index contributed by atoms with van der Waals surface area (Å²) in [5.41, 5.74) is 0.0985. The first-order valence-electron chi connectivity index (χ1n) is 10.2. The average molecular weight is 458 g/mol. The number of fused-ring (bicyclic) bond motifs is 2. The molecule has 2 heterocycles. The van der Waals surface area contributed by atoms with Gasteiger partial charge in [0, 0.05) is 29.2 Å². The van der Waals surface area contributed by atoms with Crippen LogP contribution in [0.25, 0.3) is 10.9 Å². The van der Waals surface area contributed by atoms with Gasteiger partial charge in [-0.15, -0.1) is 0 Å². The van der Waals surface area contributed by atoms with E-state index < -0.39 is 21.4 Å². The summed E-state index contributed by atoms with van der Waals surface area (Å²) in [6, 6.07) is 8.77. The van der Waals surface area contributed by atoms with Crippen LogP contribution in [-0.2, 0) is 10.0 Å². The van der Waals surface area contributed by atoms with Crippen molar-refractivity contribution in [3.63, 3.8) is 0 Å². The molecule has 0 saturated heterocycles. The Balaban J connectivity index is 1.67. The van der Waals surface area contributed by atoms with Crippen molar-refractivity contribution >= 4 is 32.5 Å². The number of hydrogen-bond donors (Lipinski definition) is 3. The van der Waals surface area contributed by atoms with E-state index in [1.807, 2.05) is 13.8 Å². The first kappa shape index (κ1) is 21.7. The molecule has 2 aromatic carbocycles. The lowest BCUT2D eigenvalue weighted by Gasteiger charge is -2.19. The number of anilines is 1. The number of sulfonamides is 1. The number of hydrogen-bond acceptors (Lipinski definition) is 6. The van der Waals surface area contributed by atoms with Crippen LogP contribution in [0.1, 0.15) is 30.6 Å². The van der Waals surface area contributed by atoms with Gasteiger partial charge in [-0.2, -0.15) is 0 Å². The number of aromatic amines is 1. The second kappa shape index (κ2) is 8.54. The van der Waals surface area contributed by atoms with Crippen LogP contribution in [0.3, 0.4) is 0 Å². The van der Waals surface area contributed by atoms with Gasteiger partial charge in [0.15, 0.2) is 11.5 Å². The van der Waals surface area contributed by atoms with Crippen LogP contribution >= 0.6 is 0 Å². The van der Waals surface area contributed by atoms with Crippen molar-refractivity contribution in [1.82, 2.24) is 10.3 Å². The smallest absolute Gasteiger partial charge is 0.261 e. The van der Waals surface area contributed by atoms with Gasteiger partial charge in [-0.25, -0.2) is 8.42 Å². The fourth-order valence-electron chi connectivity index (χ4n) is 3.26. The summed E-state index contributed by atoms with van der Waals surface area (Å²) in [6.45, 7) is 4.56. The van der Waals surface area contributed by atoms with Crippen LogP contribution in [-0.4, -0.2) is 38.6 Å². The number of carbonyl (C=O) groups excluding carboxylic acids is 1. The van der Waals surface area contributed by atoms with Crippen LogP contribution in [0, 0.1) is 0 Å². The number of rotatable bonds is 6. The second-order valence-electron chi connectivity index (χ2n) is 7.49. The predicted molar refractivity (Wildman–Crippen MR) is 120 cm³/mol. The summed E-state index contributed by atoms with van der Waals surface area (Å²) >= 11 is 0. The van der Waals surface area contributed by atoms with Gasteiger partial charge in [0.2, 0.25) is 5.43 Å². The number of nitrogens with one attached hydrogen (secondary N) is 3. The number of amides is 1. The summed E-state index contributed by atoms with van der Waals surface area (Å²) in [6.07, 6.45) is 2.05. The molecule has 0 spiro atoms. The highest BCUT2D eigenvalue weighted by Crippen LogP contribution is 2.33. The van der Waals surface area contributed by atoms with Crippen LogP contribution in [0.5, 0.6) is 11.5 Å². The fraction of sp³-hybridized carbons (Fsp3) is 0.273. The number of pyridine rings is 1. The molecule has 0 fully saturated rings.